The van der Waals surface area contributed by atoms with Crippen LogP contribution in [0, 0.1) is 13.8 Å². The van der Waals surface area contributed by atoms with Crippen molar-refractivity contribution in [2.75, 3.05) is 13.7 Å². The molecule has 0 radical (unpaired) electrons. The van der Waals surface area contributed by atoms with E-state index in [9.17, 15) is 9.59 Å². The molecule has 0 atom stereocenters. The number of hydrogen-bond donors (Lipinski definition) is 2. The minimum Gasteiger partial charge on any atom is -0.484 e. The van der Waals surface area contributed by atoms with Crippen molar-refractivity contribution in [3.63, 3.8) is 0 Å². The fraction of sp³-hybridized carbons (Fsp3) is 0.286. The number of rotatable bonds is 7. The van der Waals surface area contributed by atoms with E-state index < -0.39 is 0 Å². The van der Waals surface area contributed by atoms with Crippen molar-refractivity contribution < 1.29 is 14.3 Å². The maximum Gasteiger partial charge on any atom is 0.257 e. The summed E-state index contributed by atoms with van der Waals surface area (Å²) in [6.07, 6.45) is 1.87. The van der Waals surface area contributed by atoms with E-state index in [1.807, 2.05) is 55.9 Å². The van der Waals surface area contributed by atoms with E-state index in [0.717, 1.165) is 22.8 Å². The summed E-state index contributed by atoms with van der Waals surface area (Å²) in [5.74, 6) is 1.00. The van der Waals surface area contributed by atoms with E-state index in [4.69, 9.17) is 4.74 Å². The Hall–Kier alpha value is -3.55. The lowest BCUT2D eigenvalue weighted by Crippen LogP contribution is -2.25. The summed E-state index contributed by atoms with van der Waals surface area (Å²) in [7, 11) is 3.42. The molecule has 1 aromatic carbocycles. The largest absolute Gasteiger partial charge is 0.484 e. The third-order valence-corrected chi connectivity index (χ3v) is 4.60. The molecule has 8 heteroatoms. The van der Waals surface area contributed by atoms with E-state index in [0.29, 0.717) is 17.9 Å². The lowest BCUT2D eigenvalue weighted by Gasteiger charge is -2.09. The second-order valence-corrected chi connectivity index (χ2v) is 6.76. The number of aryl methyl sites for hydroxylation is 2. The quantitative estimate of drug-likeness (QED) is 0.639. The molecule has 2 amide bonds. The van der Waals surface area contributed by atoms with E-state index >= 15 is 0 Å². The highest BCUT2D eigenvalue weighted by Gasteiger charge is 2.17. The Morgan fingerprint density at radius 1 is 1.17 bits per heavy atom. The van der Waals surface area contributed by atoms with Gasteiger partial charge in [-0.3, -0.25) is 14.3 Å². The van der Waals surface area contributed by atoms with Crippen molar-refractivity contribution >= 4 is 11.8 Å². The Morgan fingerprint density at radius 3 is 2.66 bits per heavy atom. The molecule has 29 heavy (non-hydrogen) atoms. The number of likely N-dealkylation sites (N-methyl/N-ethyl adjacent to an activating group) is 1. The zero-order valence-corrected chi connectivity index (χ0v) is 17.0. The molecule has 0 unspecified atom stereocenters. The fourth-order valence-electron chi connectivity index (χ4n) is 3.11. The second-order valence-electron chi connectivity index (χ2n) is 6.76. The summed E-state index contributed by atoms with van der Waals surface area (Å²) in [6, 6.07) is 11.1. The second kappa shape index (κ2) is 8.64. The van der Waals surface area contributed by atoms with Crippen LogP contribution in [0.2, 0.25) is 0 Å². The first kappa shape index (κ1) is 20.2. The number of hydrogen-bond acceptors (Lipinski definition) is 4. The number of ether oxygens (including phenoxy) is 1. The van der Waals surface area contributed by atoms with Gasteiger partial charge in [-0.05, 0) is 37.6 Å². The molecule has 0 aliphatic rings. The molecule has 8 nitrogen and oxygen atoms in total. The monoisotopic (exact) mass is 395 g/mol. The van der Waals surface area contributed by atoms with Gasteiger partial charge in [0, 0.05) is 44.3 Å². The standard InChI is InChI=1S/C21H25N5O3/c1-14-10-18(15(2)26(14)19-8-9-25(4)24-19)21(28)23-12-16-6-5-7-17(11-16)29-13-20(27)22-3/h5-11H,12-13H2,1-4H3,(H,22,27)(H,23,28). The van der Waals surface area contributed by atoms with Crippen molar-refractivity contribution in [2.24, 2.45) is 7.05 Å². The van der Waals surface area contributed by atoms with Gasteiger partial charge in [0.2, 0.25) is 0 Å². The van der Waals surface area contributed by atoms with Crippen LogP contribution in [0.3, 0.4) is 0 Å². The van der Waals surface area contributed by atoms with Gasteiger partial charge in [0.1, 0.15) is 5.75 Å². The molecular weight excluding hydrogens is 370 g/mol. The summed E-state index contributed by atoms with van der Waals surface area (Å²) in [4.78, 5) is 24.1. The molecule has 2 heterocycles. The first-order chi connectivity index (χ1) is 13.9. The molecule has 0 aliphatic heterocycles. The predicted octanol–water partition coefficient (Wildman–Crippen LogP) is 1.88. The van der Waals surface area contributed by atoms with E-state index in [1.165, 1.54) is 0 Å². The smallest absolute Gasteiger partial charge is 0.257 e. The van der Waals surface area contributed by atoms with E-state index in [2.05, 4.69) is 15.7 Å². The van der Waals surface area contributed by atoms with Crippen LogP contribution in [0.25, 0.3) is 5.82 Å². The van der Waals surface area contributed by atoms with Gasteiger partial charge in [-0.1, -0.05) is 12.1 Å². The average Bonchev–Trinajstić information content (AvgIpc) is 3.26. The molecule has 2 N–H and O–H groups in total. The summed E-state index contributed by atoms with van der Waals surface area (Å²) >= 11 is 0. The Balaban J connectivity index is 1.68. The Kier molecular flexibility index (Phi) is 6.01. The van der Waals surface area contributed by atoms with Gasteiger partial charge < -0.3 is 19.9 Å². The summed E-state index contributed by atoms with van der Waals surface area (Å²) in [5.41, 5.74) is 3.27. The Morgan fingerprint density at radius 2 is 1.97 bits per heavy atom. The first-order valence-electron chi connectivity index (χ1n) is 9.28. The third-order valence-electron chi connectivity index (χ3n) is 4.60. The van der Waals surface area contributed by atoms with Crippen molar-refractivity contribution in [1.29, 1.82) is 0 Å². The molecule has 0 saturated carbocycles. The predicted molar refractivity (Wildman–Crippen MR) is 109 cm³/mol. The Labute approximate surface area is 169 Å². The fourth-order valence-corrected chi connectivity index (χ4v) is 3.11. The number of carbonyl (C=O) groups is 2. The number of nitrogens with zero attached hydrogens (tertiary/aromatic N) is 3. The van der Waals surface area contributed by atoms with Gasteiger partial charge in [0.15, 0.2) is 12.4 Å². The molecule has 0 spiro atoms. The third kappa shape index (κ3) is 4.66. The van der Waals surface area contributed by atoms with Crippen LogP contribution in [0.15, 0.2) is 42.6 Å². The van der Waals surface area contributed by atoms with Crippen LogP contribution < -0.4 is 15.4 Å². The highest BCUT2D eigenvalue weighted by atomic mass is 16.5. The summed E-state index contributed by atoms with van der Waals surface area (Å²) in [5, 5.41) is 9.87. The molecule has 0 bridgehead atoms. The van der Waals surface area contributed by atoms with Gasteiger partial charge in [-0.2, -0.15) is 5.10 Å². The highest BCUT2D eigenvalue weighted by Crippen LogP contribution is 2.20. The van der Waals surface area contributed by atoms with Crippen LogP contribution >= 0.6 is 0 Å². The van der Waals surface area contributed by atoms with Gasteiger partial charge in [-0.15, -0.1) is 0 Å². The van der Waals surface area contributed by atoms with Crippen LogP contribution in [-0.4, -0.2) is 39.8 Å². The molecule has 152 valence electrons. The van der Waals surface area contributed by atoms with Gasteiger partial charge in [-0.25, -0.2) is 0 Å². The molecular formula is C21H25N5O3. The zero-order chi connectivity index (χ0) is 21.0. The number of nitrogens with one attached hydrogen (secondary N) is 2. The lowest BCUT2D eigenvalue weighted by molar-refractivity contribution is -0.122. The van der Waals surface area contributed by atoms with E-state index in [-0.39, 0.29) is 18.4 Å². The number of amides is 2. The molecule has 3 rings (SSSR count). The normalized spacial score (nSPS) is 10.6. The average molecular weight is 395 g/mol. The lowest BCUT2D eigenvalue weighted by atomic mass is 10.2. The zero-order valence-electron chi connectivity index (χ0n) is 17.0. The van der Waals surface area contributed by atoms with Crippen molar-refractivity contribution in [2.45, 2.75) is 20.4 Å². The molecule has 0 saturated heterocycles. The summed E-state index contributed by atoms with van der Waals surface area (Å²) < 4.78 is 9.13. The van der Waals surface area contributed by atoms with Gasteiger partial charge in [0.05, 0.1) is 5.56 Å². The number of carbonyl (C=O) groups excluding carboxylic acids is 2. The van der Waals surface area contributed by atoms with Crippen molar-refractivity contribution in [3.8, 4) is 11.6 Å². The van der Waals surface area contributed by atoms with Gasteiger partial charge in [0.25, 0.3) is 11.8 Å². The van der Waals surface area contributed by atoms with Gasteiger partial charge >= 0.3 is 0 Å². The topological polar surface area (TPSA) is 90.2 Å². The minimum absolute atomic E-state index is 0.0498. The highest BCUT2D eigenvalue weighted by molar-refractivity contribution is 5.95. The van der Waals surface area contributed by atoms with Crippen LogP contribution in [0.1, 0.15) is 27.3 Å². The molecule has 3 aromatic rings. The van der Waals surface area contributed by atoms with E-state index in [1.54, 1.807) is 23.9 Å². The van der Waals surface area contributed by atoms with Crippen LogP contribution in [0.5, 0.6) is 5.75 Å². The Bertz CT molecular complexity index is 1030. The number of benzene rings is 1. The molecule has 0 aliphatic carbocycles. The van der Waals surface area contributed by atoms with Crippen molar-refractivity contribution in [1.82, 2.24) is 25.0 Å². The molecule has 0 fully saturated rings. The summed E-state index contributed by atoms with van der Waals surface area (Å²) in [6.45, 7) is 4.16. The number of aromatic nitrogens is 3. The molecule has 2 aromatic heterocycles. The first-order valence-corrected chi connectivity index (χ1v) is 9.28. The maximum atomic E-state index is 12.7. The maximum absolute atomic E-state index is 12.7. The SMILES string of the molecule is CNC(=O)COc1cccc(CNC(=O)c2cc(C)n(-c3ccn(C)n3)c2C)c1. The van der Waals surface area contributed by atoms with Crippen molar-refractivity contribution in [3.05, 3.63) is 65.1 Å². The van der Waals surface area contributed by atoms with Crippen LogP contribution in [0.4, 0.5) is 0 Å². The minimum atomic E-state index is -0.202. The van der Waals surface area contributed by atoms with Crippen LogP contribution in [-0.2, 0) is 18.4 Å².